The van der Waals surface area contributed by atoms with E-state index in [1.165, 1.54) is 24.3 Å². The molecule has 0 heterocycles. The van der Waals surface area contributed by atoms with Crippen molar-refractivity contribution in [3.05, 3.63) is 35.6 Å². The Kier molecular flexibility index (Phi) is 6.10. The quantitative estimate of drug-likeness (QED) is 0.568. The van der Waals surface area contributed by atoms with Gasteiger partial charge in [-0.25, -0.2) is 4.39 Å². The van der Waals surface area contributed by atoms with Crippen LogP contribution in [0.2, 0.25) is 0 Å². The number of carbonyl (C=O) groups is 1. The summed E-state index contributed by atoms with van der Waals surface area (Å²) in [5.41, 5.74) is 0.585. The fraction of sp³-hybridized carbons (Fsp3) is 0.364. The van der Waals surface area contributed by atoms with E-state index in [1.54, 1.807) is 13.8 Å². The Morgan fingerprint density at radius 3 is 2.07 bits per heavy atom. The molecule has 0 saturated heterocycles. The molecule has 0 amide bonds. The number of carboxylic acid groups (broad SMARTS) is 1. The summed E-state index contributed by atoms with van der Waals surface area (Å²) < 4.78 is 12.6. The molecule has 0 unspecified atom stereocenters. The topological polar surface area (TPSA) is 40.1 Å². The predicted molar refractivity (Wildman–Crippen MR) is 49.0 cm³/mol. The van der Waals surface area contributed by atoms with E-state index in [0.29, 0.717) is 5.56 Å². The van der Waals surface area contributed by atoms with Gasteiger partial charge in [-0.1, -0.05) is 26.0 Å². The van der Waals surface area contributed by atoms with Crippen LogP contribution in [0.3, 0.4) is 0 Å². The normalized spacial score (nSPS) is 12.0. The molecule has 1 atom stereocenters. The molecular formula is C11H12FNaO2. The second kappa shape index (κ2) is 6.26. The van der Waals surface area contributed by atoms with Crippen molar-refractivity contribution in [2.45, 2.75) is 19.8 Å². The summed E-state index contributed by atoms with van der Waals surface area (Å²) in [6.45, 7) is 3.59. The summed E-state index contributed by atoms with van der Waals surface area (Å²) in [4.78, 5) is 10.8. The van der Waals surface area contributed by atoms with Crippen LogP contribution in [0.1, 0.15) is 25.3 Å². The van der Waals surface area contributed by atoms with Crippen molar-refractivity contribution in [3.63, 3.8) is 0 Å². The molecule has 0 bridgehead atoms. The van der Waals surface area contributed by atoms with E-state index in [2.05, 4.69) is 0 Å². The van der Waals surface area contributed by atoms with Gasteiger partial charge in [-0.05, 0) is 23.6 Å². The van der Waals surface area contributed by atoms with Gasteiger partial charge in [0, 0.05) is 11.9 Å². The summed E-state index contributed by atoms with van der Waals surface area (Å²) in [6, 6.07) is 5.48. The van der Waals surface area contributed by atoms with Crippen LogP contribution in [-0.2, 0) is 4.79 Å². The number of halogens is 1. The smallest absolute Gasteiger partial charge is 0.549 e. The van der Waals surface area contributed by atoms with Gasteiger partial charge in [0.05, 0.1) is 0 Å². The number of carboxylic acids is 1. The van der Waals surface area contributed by atoms with Crippen LogP contribution < -0.4 is 34.7 Å². The maximum Gasteiger partial charge on any atom is 1.00 e. The van der Waals surface area contributed by atoms with E-state index in [4.69, 9.17) is 0 Å². The van der Waals surface area contributed by atoms with Gasteiger partial charge in [-0.3, -0.25) is 0 Å². The third kappa shape index (κ3) is 3.93. The van der Waals surface area contributed by atoms with Crippen molar-refractivity contribution in [2.75, 3.05) is 0 Å². The minimum absolute atomic E-state index is 0. The molecule has 0 radical (unpaired) electrons. The molecule has 0 aliphatic heterocycles. The third-order valence-corrected chi connectivity index (χ3v) is 2.15. The van der Waals surface area contributed by atoms with Gasteiger partial charge in [0.15, 0.2) is 0 Å². The molecule has 15 heavy (non-hydrogen) atoms. The fourth-order valence-corrected chi connectivity index (χ4v) is 1.46. The number of hydrogen-bond donors (Lipinski definition) is 0. The van der Waals surface area contributed by atoms with Crippen molar-refractivity contribution in [1.29, 1.82) is 0 Å². The summed E-state index contributed by atoms with van der Waals surface area (Å²) in [5, 5.41) is 10.8. The Bertz CT molecular complexity index is 322. The van der Waals surface area contributed by atoms with Gasteiger partial charge < -0.3 is 9.90 Å². The number of carbonyl (C=O) groups excluding carboxylic acids is 1. The van der Waals surface area contributed by atoms with Gasteiger partial charge in [-0.2, -0.15) is 0 Å². The van der Waals surface area contributed by atoms with E-state index < -0.39 is 11.9 Å². The van der Waals surface area contributed by atoms with Crippen molar-refractivity contribution in [2.24, 2.45) is 5.92 Å². The SMILES string of the molecule is CC(C)[C@H](C(=O)[O-])c1ccc(F)cc1.[Na+]. The molecule has 0 N–H and O–H groups in total. The maximum absolute atomic E-state index is 12.6. The minimum Gasteiger partial charge on any atom is -0.549 e. The molecule has 0 aliphatic carbocycles. The molecular weight excluding hydrogens is 206 g/mol. The first-order chi connectivity index (χ1) is 6.52. The Labute approximate surface area is 111 Å². The van der Waals surface area contributed by atoms with Crippen LogP contribution in [0.4, 0.5) is 4.39 Å². The van der Waals surface area contributed by atoms with Crippen LogP contribution in [0, 0.1) is 11.7 Å². The first kappa shape index (κ1) is 14.6. The number of benzene rings is 1. The second-order valence-corrected chi connectivity index (χ2v) is 3.59. The molecule has 76 valence electrons. The monoisotopic (exact) mass is 218 g/mol. The summed E-state index contributed by atoms with van der Waals surface area (Å²) in [5.74, 6) is -2.22. The minimum atomic E-state index is -1.12. The molecule has 0 aromatic heterocycles. The Balaban J connectivity index is 0.00000196. The van der Waals surface area contributed by atoms with E-state index in [0.717, 1.165) is 0 Å². The van der Waals surface area contributed by atoms with Gasteiger partial charge in [0.1, 0.15) is 5.82 Å². The van der Waals surface area contributed by atoms with Gasteiger partial charge in [0.2, 0.25) is 0 Å². The fourth-order valence-electron chi connectivity index (χ4n) is 1.46. The summed E-state index contributed by atoms with van der Waals surface area (Å²) in [7, 11) is 0. The Morgan fingerprint density at radius 1 is 1.27 bits per heavy atom. The first-order valence-corrected chi connectivity index (χ1v) is 4.48. The number of rotatable bonds is 3. The van der Waals surface area contributed by atoms with Gasteiger partial charge in [-0.15, -0.1) is 0 Å². The van der Waals surface area contributed by atoms with Gasteiger partial charge >= 0.3 is 29.6 Å². The van der Waals surface area contributed by atoms with E-state index in [9.17, 15) is 14.3 Å². The van der Waals surface area contributed by atoms with Gasteiger partial charge in [0.25, 0.3) is 0 Å². The zero-order valence-electron chi connectivity index (χ0n) is 9.16. The van der Waals surface area contributed by atoms with Crippen LogP contribution >= 0.6 is 0 Å². The molecule has 4 heteroatoms. The van der Waals surface area contributed by atoms with Crippen molar-refractivity contribution in [3.8, 4) is 0 Å². The molecule has 1 aromatic carbocycles. The predicted octanol–water partition coefficient (Wildman–Crippen LogP) is -1.68. The Hall–Kier alpha value is -0.380. The zero-order valence-corrected chi connectivity index (χ0v) is 11.2. The molecule has 0 spiro atoms. The summed E-state index contributed by atoms with van der Waals surface area (Å²) >= 11 is 0. The molecule has 1 aromatic rings. The average Bonchev–Trinajstić information content (AvgIpc) is 2.07. The molecule has 0 aliphatic rings. The van der Waals surface area contributed by atoms with Crippen molar-refractivity contribution < 1.29 is 43.8 Å². The standard InChI is InChI=1S/C11H13FO2.Na/c1-7(2)10(11(13)14)8-3-5-9(12)6-4-8;/h3-7,10H,1-2H3,(H,13,14);/q;+1/p-1/t10-;/m0./s1. The molecule has 0 saturated carbocycles. The maximum atomic E-state index is 12.6. The van der Waals surface area contributed by atoms with Crippen LogP contribution in [0.25, 0.3) is 0 Å². The third-order valence-electron chi connectivity index (χ3n) is 2.15. The molecule has 0 fully saturated rings. The van der Waals surface area contributed by atoms with Crippen molar-refractivity contribution in [1.82, 2.24) is 0 Å². The average molecular weight is 218 g/mol. The zero-order chi connectivity index (χ0) is 10.7. The van der Waals surface area contributed by atoms with Crippen LogP contribution in [0.5, 0.6) is 0 Å². The first-order valence-electron chi connectivity index (χ1n) is 4.48. The molecule has 1 rings (SSSR count). The largest absolute Gasteiger partial charge is 1.00 e. The van der Waals surface area contributed by atoms with Crippen molar-refractivity contribution >= 4 is 5.97 Å². The summed E-state index contributed by atoms with van der Waals surface area (Å²) in [6.07, 6.45) is 0. The van der Waals surface area contributed by atoms with Crippen LogP contribution in [0.15, 0.2) is 24.3 Å². The Morgan fingerprint density at radius 2 is 1.73 bits per heavy atom. The van der Waals surface area contributed by atoms with E-state index in [1.807, 2.05) is 0 Å². The van der Waals surface area contributed by atoms with Crippen LogP contribution in [-0.4, -0.2) is 5.97 Å². The van der Waals surface area contributed by atoms with E-state index in [-0.39, 0.29) is 41.3 Å². The second-order valence-electron chi connectivity index (χ2n) is 3.59. The molecule has 2 nitrogen and oxygen atoms in total. The number of aliphatic carboxylic acids is 1. The van der Waals surface area contributed by atoms with E-state index >= 15 is 0 Å². The number of hydrogen-bond acceptors (Lipinski definition) is 2.